The van der Waals surface area contributed by atoms with Crippen LogP contribution in [0.3, 0.4) is 0 Å². The molecule has 0 aliphatic carbocycles. The molecule has 1 aromatic rings. The van der Waals surface area contributed by atoms with Crippen molar-refractivity contribution in [2.45, 2.75) is 50.7 Å². The second kappa shape index (κ2) is 8.29. The molecule has 0 spiro atoms. The largest absolute Gasteiger partial charge is 0.356 e. The van der Waals surface area contributed by atoms with Gasteiger partial charge in [0.2, 0.25) is 12.3 Å². The van der Waals surface area contributed by atoms with E-state index in [9.17, 15) is 9.59 Å². The fraction of sp³-hybridized carbons (Fsp3) is 0.625. The molecule has 1 aliphatic rings. The monoisotopic (exact) mass is 336 g/mol. The molecule has 0 bridgehead atoms. The summed E-state index contributed by atoms with van der Waals surface area (Å²) >= 11 is 1.45. The van der Waals surface area contributed by atoms with Crippen molar-refractivity contribution in [2.75, 3.05) is 17.7 Å². The number of hydrogen-bond donors (Lipinski definition) is 1. The van der Waals surface area contributed by atoms with Gasteiger partial charge in [0.25, 0.3) is 0 Å². The summed E-state index contributed by atoms with van der Waals surface area (Å²) in [5.41, 5.74) is 0.865. The van der Waals surface area contributed by atoms with E-state index in [0.29, 0.717) is 23.9 Å². The van der Waals surface area contributed by atoms with E-state index in [1.165, 1.54) is 11.8 Å². The summed E-state index contributed by atoms with van der Waals surface area (Å²) in [5.74, 6) is 0.658. The minimum atomic E-state index is -0.0623. The molecule has 6 nitrogen and oxygen atoms in total. The third kappa shape index (κ3) is 4.02. The van der Waals surface area contributed by atoms with Crippen LogP contribution in [0.15, 0.2) is 11.4 Å². The van der Waals surface area contributed by atoms with Gasteiger partial charge in [-0.2, -0.15) is 0 Å². The summed E-state index contributed by atoms with van der Waals surface area (Å²) in [6.45, 7) is 4.84. The van der Waals surface area contributed by atoms with E-state index < -0.39 is 0 Å². The predicted octanol–water partition coefficient (Wildman–Crippen LogP) is 2.03. The van der Waals surface area contributed by atoms with Gasteiger partial charge in [0.1, 0.15) is 5.82 Å². The molecule has 0 saturated carbocycles. The fourth-order valence-electron chi connectivity index (χ4n) is 2.94. The van der Waals surface area contributed by atoms with Crippen LogP contribution in [0.25, 0.3) is 0 Å². The third-order valence-corrected chi connectivity index (χ3v) is 4.89. The lowest BCUT2D eigenvalue weighted by Crippen LogP contribution is -2.35. The standard InChI is InChI=1S/C16H24N4O2S/c1-4-13(5-2)20(10-21)14-12(9-18-16(19-14)23-3)8-11-6-7-17-15(11)22/h9-11,13H,4-8H2,1-3H3,(H,17,22). The van der Waals surface area contributed by atoms with Crippen molar-refractivity contribution in [3.63, 3.8) is 0 Å². The van der Waals surface area contributed by atoms with E-state index in [1.807, 2.05) is 6.26 Å². The predicted molar refractivity (Wildman–Crippen MR) is 91.5 cm³/mol. The number of rotatable bonds is 8. The zero-order chi connectivity index (χ0) is 16.8. The number of anilines is 1. The second-order valence-electron chi connectivity index (χ2n) is 5.67. The van der Waals surface area contributed by atoms with Crippen LogP contribution >= 0.6 is 11.8 Å². The van der Waals surface area contributed by atoms with Gasteiger partial charge in [-0.3, -0.25) is 14.5 Å². The Hall–Kier alpha value is -1.63. The Morgan fingerprint density at radius 3 is 2.74 bits per heavy atom. The molecule has 126 valence electrons. The minimum Gasteiger partial charge on any atom is -0.356 e. The Balaban J connectivity index is 2.37. The van der Waals surface area contributed by atoms with E-state index in [2.05, 4.69) is 29.1 Å². The Bertz CT molecular complexity index is 563. The van der Waals surface area contributed by atoms with Crippen LogP contribution < -0.4 is 10.2 Å². The maximum atomic E-state index is 11.9. The quantitative estimate of drug-likeness (QED) is 0.447. The number of nitrogens with one attached hydrogen (secondary N) is 1. The van der Waals surface area contributed by atoms with Crippen LogP contribution in [0.5, 0.6) is 0 Å². The number of amides is 2. The Morgan fingerprint density at radius 2 is 2.22 bits per heavy atom. The van der Waals surface area contributed by atoms with Crippen LogP contribution in [-0.4, -0.2) is 41.1 Å². The number of nitrogens with zero attached hydrogens (tertiary/aromatic N) is 3. The Labute approximate surface area is 141 Å². The molecular weight excluding hydrogens is 312 g/mol. The highest BCUT2D eigenvalue weighted by Gasteiger charge is 2.28. The van der Waals surface area contributed by atoms with Crippen molar-refractivity contribution < 1.29 is 9.59 Å². The molecule has 1 atom stereocenters. The zero-order valence-corrected chi connectivity index (χ0v) is 14.7. The third-order valence-electron chi connectivity index (χ3n) is 4.33. The first-order valence-corrected chi connectivity index (χ1v) is 9.28. The van der Waals surface area contributed by atoms with Crippen molar-refractivity contribution in [3.05, 3.63) is 11.8 Å². The first kappa shape index (κ1) is 17.7. The highest BCUT2D eigenvalue weighted by atomic mass is 32.2. The lowest BCUT2D eigenvalue weighted by atomic mass is 9.98. The number of hydrogen-bond acceptors (Lipinski definition) is 5. The van der Waals surface area contributed by atoms with E-state index in [0.717, 1.165) is 31.2 Å². The maximum Gasteiger partial charge on any atom is 0.223 e. The van der Waals surface area contributed by atoms with Gasteiger partial charge in [0.15, 0.2) is 5.16 Å². The Morgan fingerprint density at radius 1 is 1.48 bits per heavy atom. The van der Waals surface area contributed by atoms with Crippen molar-refractivity contribution in [3.8, 4) is 0 Å². The van der Waals surface area contributed by atoms with Crippen molar-refractivity contribution in [2.24, 2.45) is 5.92 Å². The highest BCUT2D eigenvalue weighted by molar-refractivity contribution is 7.98. The average molecular weight is 336 g/mol. The summed E-state index contributed by atoms with van der Waals surface area (Å²) in [6.07, 6.45) is 7.62. The summed E-state index contributed by atoms with van der Waals surface area (Å²) in [5, 5.41) is 3.49. The first-order valence-electron chi connectivity index (χ1n) is 8.05. The van der Waals surface area contributed by atoms with Crippen molar-refractivity contribution >= 4 is 29.9 Å². The first-order chi connectivity index (χ1) is 11.1. The fourth-order valence-corrected chi connectivity index (χ4v) is 3.28. The second-order valence-corrected chi connectivity index (χ2v) is 6.44. The summed E-state index contributed by atoms with van der Waals surface area (Å²) in [6, 6.07) is 0.105. The van der Waals surface area contributed by atoms with Gasteiger partial charge >= 0.3 is 0 Å². The van der Waals surface area contributed by atoms with Gasteiger partial charge in [-0.15, -0.1) is 0 Å². The van der Waals surface area contributed by atoms with Gasteiger partial charge in [-0.25, -0.2) is 9.97 Å². The minimum absolute atomic E-state index is 0.0623. The average Bonchev–Trinajstić information content (AvgIpc) is 2.98. The van der Waals surface area contributed by atoms with Gasteiger partial charge in [0.05, 0.1) is 0 Å². The summed E-state index contributed by atoms with van der Waals surface area (Å²) < 4.78 is 0. The lowest BCUT2D eigenvalue weighted by Gasteiger charge is -2.27. The van der Waals surface area contributed by atoms with Gasteiger partial charge in [-0.1, -0.05) is 25.6 Å². The van der Waals surface area contributed by atoms with Crippen LogP contribution in [0.2, 0.25) is 0 Å². The molecule has 0 radical (unpaired) electrons. The molecule has 1 fully saturated rings. The maximum absolute atomic E-state index is 11.9. The molecule has 2 heterocycles. The number of aromatic nitrogens is 2. The van der Waals surface area contributed by atoms with Gasteiger partial charge in [-0.05, 0) is 31.9 Å². The van der Waals surface area contributed by atoms with Crippen LogP contribution in [0, 0.1) is 5.92 Å². The highest BCUT2D eigenvalue weighted by Crippen LogP contribution is 2.27. The number of carbonyl (C=O) groups is 2. The van der Waals surface area contributed by atoms with Gasteiger partial charge in [0, 0.05) is 30.3 Å². The normalized spacial score (nSPS) is 17.4. The smallest absolute Gasteiger partial charge is 0.223 e. The van der Waals surface area contributed by atoms with Crippen LogP contribution in [0.1, 0.15) is 38.7 Å². The lowest BCUT2D eigenvalue weighted by molar-refractivity contribution is -0.122. The summed E-state index contributed by atoms with van der Waals surface area (Å²) in [4.78, 5) is 34.1. The molecule has 0 aromatic carbocycles. The number of thioether (sulfide) groups is 1. The molecular formula is C16H24N4O2S. The Kier molecular flexibility index (Phi) is 6.38. The zero-order valence-electron chi connectivity index (χ0n) is 13.9. The molecule has 1 aliphatic heterocycles. The molecule has 1 saturated heterocycles. The van der Waals surface area contributed by atoms with Crippen molar-refractivity contribution in [1.29, 1.82) is 0 Å². The number of carbonyl (C=O) groups excluding carboxylic acids is 2. The molecule has 2 rings (SSSR count). The van der Waals surface area contributed by atoms with Gasteiger partial charge < -0.3 is 5.32 Å². The molecule has 23 heavy (non-hydrogen) atoms. The molecule has 2 amide bonds. The SMILES string of the molecule is CCC(CC)N(C=O)c1nc(SC)ncc1CC1CCNC1=O. The molecule has 1 N–H and O–H groups in total. The summed E-state index contributed by atoms with van der Waals surface area (Å²) in [7, 11) is 0. The molecule has 1 aromatic heterocycles. The van der Waals surface area contributed by atoms with Crippen LogP contribution in [-0.2, 0) is 16.0 Å². The van der Waals surface area contributed by atoms with Crippen LogP contribution in [0.4, 0.5) is 5.82 Å². The topological polar surface area (TPSA) is 75.2 Å². The molecule has 1 unspecified atom stereocenters. The van der Waals surface area contributed by atoms with E-state index in [1.54, 1.807) is 11.1 Å². The van der Waals surface area contributed by atoms with Crippen molar-refractivity contribution in [1.82, 2.24) is 15.3 Å². The van der Waals surface area contributed by atoms with E-state index >= 15 is 0 Å². The van der Waals surface area contributed by atoms with E-state index in [4.69, 9.17) is 0 Å². The molecule has 7 heteroatoms. The van der Waals surface area contributed by atoms with E-state index in [-0.39, 0.29) is 17.9 Å².